The molecule has 0 fully saturated rings. The second kappa shape index (κ2) is 31.5. The summed E-state index contributed by atoms with van der Waals surface area (Å²) in [7, 11) is 9.28. The van der Waals surface area contributed by atoms with E-state index >= 15 is 0 Å². The van der Waals surface area contributed by atoms with Crippen LogP contribution in [0, 0.1) is 0 Å². The average molecular weight is 623 g/mol. The zero-order valence-corrected chi connectivity index (χ0v) is 28.4. The van der Waals surface area contributed by atoms with Gasteiger partial charge < -0.3 is 25.4 Å². The molecule has 0 aromatic heterocycles. The molecular weight excluding hydrogens is 562 g/mol. The summed E-state index contributed by atoms with van der Waals surface area (Å²) in [6.45, 7) is 4.37. The van der Waals surface area contributed by atoms with Crippen LogP contribution in [-0.2, 0) is 28.7 Å². The first-order valence-electron chi connectivity index (χ1n) is 15.5. The van der Waals surface area contributed by atoms with Crippen LogP contribution in [0.15, 0.2) is 0 Å². The van der Waals surface area contributed by atoms with Crippen LogP contribution < -0.4 is 16.0 Å². The second-order valence-corrected chi connectivity index (χ2v) is 12.7. The number of esters is 2. The van der Waals surface area contributed by atoms with E-state index in [-0.39, 0.29) is 11.8 Å². The summed E-state index contributed by atoms with van der Waals surface area (Å²) in [4.78, 5) is 49.0. The van der Waals surface area contributed by atoms with Crippen molar-refractivity contribution in [3.05, 3.63) is 0 Å². The van der Waals surface area contributed by atoms with E-state index in [0.29, 0.717) is 24.3 Å². The molecule has 0 aliphatic carbocycles. The number of methoxy groups -OCH3 is 2. The second-order valence-electron chi connectivity index (χ2n) is 10.2. The predicted molar refractivity (Wildman–Crippen MR) is 172 cm³/mol. The molecule has 0 bridgehead atoms. The Kier molecular flexibility index (Phi) is 32.0. The molecule has 242 valence electrons. The molecule has 2 atom stereocenters. The molecule has 0 saturated carbocycles. The largest absolute Gasteiger partial charge is 0.467 e. The number of nitrogens with one attached hydrogen (secondary N) is 2. The molecule has 0 aromatic rings. The van der Waals surface area contributed by atoms with Crippen molar-refractivity contribution in [3.63, 3.8) is 0 Å². The highest BCUT2D eigenvalue weighted by Gasteiger charge is 2.24. The highest BCUT2D eigenvalue weighted by molar-refractivity contribution is 8.76. The Morgan fingerprint density at radius 3 is 1.17 bits per heavy atom. The van der Waals surface area contributed by atoms with Gasteiger partial charge in [0.1, 0.15) is 12.1 Å². The first-order chi connectivity index (χ1) is 19.8. The summed E-state index contributed by atoms with van der Waals surface area (Å²) in [6.07, 6.45) is 16.4. The van der Waals surface area contributed by atoms with Gasteiger partial charge in [-0.15, -0.1) is 0 Å². The standard InChI is InChI=1S/C28H52N2O6S2.C2H7N/c1-5-7-9-11-13-14-16-18-20-26(32)30-24(28(34)36-4)22-38-37-21-23(27(33)35-3)29-25(31)19-17-15-12-10-8-6-2;1-3-2/h23-24H,5-22H2,1-4H3,(H,29,31)(H,30,32);3H,1-2H3/p+1. The summed E-state index contributed by atoms with van der Waals surface area (Å²) in [5.74, 6) is -0.745. The van der Waals surface area contributed by atoms with Crippen molar-refractivity contribution in [1.82, 2.24) is 10.6 Å². The number of hydrogen-bond donors (Lipinski definition) is 3. The molecule has 0 spiro atoms. The van der Waals surface area contributed by atoms with Gasteiger partial charge in [-0.3, -0.25) is 9.59 Å². The molecule has 0 aliphatic heterocycles. The summed E-state index contributed by atoms with van der Waals surface area (Å²) < 4.78 is 9.69. The van der Waals surface area contributed by atoms with E-state index in [1.807, 2.05) is 19.4 Å². The molecule has 2 amide bonds. The maximum Gasteiger partial charge on any atom is 0.329 e. The summed E-state index contributed by atoms with van der Waals surface area (Å²) in [5, 5.41) is 7.54. The van der Waals surface area contributed by atoms with Crippen molar-refractivity contribution in [2.45, 2.75) is 129 Å². The first kappa shape index (κ1) is 41.7. The Balaban J connectivity index is 0. The smallest absolute Gasteiger partial charge is 0.329 e. The van der Waals surface area contributed by atoms with Crippen LogP contribution in [0.3, 0.4) is 0 Å². The zero-order chi connectivity index (χ0) is 31.1. The predicted octanol–water partition coefficient (Wildman–Crippen LogP) is 4.77. The third-order valence-corrected chi connectivity index (χ3v) is 8.63. The van der Waals surface area contributed by atoms with E-state index in [0.717, 1.165) is 38.5 Å². The maximum absolute atomic E-state index is 12.4. The number of hydrogen-bond acceptors (Lipinski definition) is 8. The minimum absolute atomic E-state index is 0.161. The Labute approximate surface area is 257 Å². The van der Waals surface area contributed by atoms with Crippen LogP contribution >= 0.6 is 21.6 Å². The van der Waals surface area contributed by atoms with E-state index < -0.39 is 24.0 Å². The van der Waals surface area contributed by atoms with Crippen molar-refractivity contribution in [3.8, 4) is 0 Å². The van der Waals surface area contributed by atoms with E-state index in [1.54, 1.807) is 0 Å². The quantitative estimate of drug-likeness (QED) is 0.0755. The topological polar surface area (TPSA) is 127 Å². The lowest BCUT2D eigenvalue weighted by Gasteiger charge is -2.18. The van der Waals surface area contributed by atoms with Gasteiger partial charge in [-0.1, -0.05) is 112 Å². The van der Waals surface area contributed by atoms with Crippen molar-refractivity contribution in [2.75, 3.05) is 39.8 Å². The Bertz CT molecular complexity index is 670. The van der Waals surface area contributed by atoms with Crippen molar-refractivity contribution < 1.29 is 34.0 Å². The van der Waals surface area contributed by atoms with Crippen LogP contribution in [-0.4, -0.2) is 75.7 Å². The first-order valence-corrected chi connectivity index (χ1v) is 18.0. The van der Waals surface area contributed by atoms with Gasteiger partial charge in [0, 0.05) is 24.3 Å². The highest BCUT2D eigenvalue weighted by atomic mass is 33.1. The molecule has 4 N–H and O–H groups in total. The minimum Gasteiger partial charge on any atom is -0.467 e. The van der Waals surface area contributed by atoms with Crippen LogP contribution in [0.1, 0.15) is 117 Å². The Morgan fingerprint density at radius 2 is 0.878 bits per heavy atom. The van der Waals surface area contributed by atoms with Crippen LogP contribution in [0.5, 0.6) is 0 Å². The van der Waals surface area contributed by atoms with E-state index in [9.17, 15) is 19.2 Å². The lowest BCUT2D eigenvalue weighted by Crippen LogP contribution is -2.74. The third-order valence-electron chi connectivity index (χ3n) is 6.21. The fourth-order valence-corrected chi connectivity index (χ4v) is 6.17. The van der Waals surface area contributed by atoms with Gasteiger partial charge in [-0.25, -0.2) is 9.59 Å². The van der Waals surface area contributed by atoms with Crippen molar-refractivity contribution >= 4 is 45.3 Å². The Hall–Kier alpha value is -1.46. The van der Waals surface area contributed by atoms with Gasteiger partial charge in [0.2, 0.25) is 11.8 Å². The molecular formula is C30H60N3O6S2+. The van der Waals surface area contributed by atoms with Crippen molar-refractivity contribution in [1.29, 1.82) is 0 Å². The van der Waals surface area contributed by atoms with Gasteiger partial charge in [0.25, 0.3) is 0 Å². The summed E-state index contributed by atoms with van der Waals surface area (Å²) in [5.41, 5.74) is 0. The summed E-state index contributed by atoms with van der Waals surface area (Å²) in [6, 6.07) is -1.53. The number of ether oxygens (including phenoxy) is 2. The number of quaternary nitrogens is 1. The van der Waals surface area contributed by atoms with Gasteiger partial charge >= 0.3 is 11.9 Å². The van der Waals surface area contributed by atoms with E-state index in [1.165, 1.54) is 87.2 Å². The van der Waals surface area contributed by atoms with Crippen LogP contribution in [0.4, 0.5) is 0 Å². The third kappa shape index (κ3) is 27.1. The van der Waals surface area contributed by atoms with Crippen molar-refractivity contribution in [2.24, 2.45) is 0 Å². The van der Waals surface area contributed by atoms with E-state index in [2.05, 4.69) is 24.5 Å². The number of nitrogens with two attached hydrogens (primary N) is 1. The minimum atomic E-state index is -0.766. The molecule has 11 heteroatoms. The van der Waals surface area contributed by atoms with Gasteiger partial charge in [0.15, 0.2) is 0 Å². The highest BCUT2D eigenvalue weighted by Crippen LogP contribution is 2.24. The molecule has 0 aromatic carbocycles. The molecule has 41 heavy (non-hydrogen) atoms. The van der Waals surface area contributed by atoms with Gasteiger partial charge in [-0.2, -0.15) is 0 Å². The van der Waals surface area contributed by atoms with Gasteiger partial charge in [0.05, 0.1) is 28.3 Å². The van der Waals surface area contributed by atoms with E-state index in [4.69, 9.17) is 9.47 Å². The van der Waals surface area contributed by atoms with Gasteiger partial charge in [-0.05, 0) is 12.8 Å². The number of rotatable bonds is 25. The maximum atomic E-state index is 12.4. The molecule has 0 saturated heterocycles. The number of amides is 2. The van der Waals surface area contributed by atoms with Crippen LogP contribution in [0.2, 0.25) is 0 Å². The monoisotopic (exact) mass is 622 g/mol. The van der Waals surface area contributed by atoms with Crippen LogP contribution in [0.25, 0.3) is 0 Å². The number of carbonyl (C=O) groups is 4. The molecule has 2 unspecified atom stereocenters. The summed E-state index contributed by atoms with van der Waals surface area (Å²) >= 11 is 0. The number of unbranched alkanes of at least 4 members (excludes halogenated alkanes) is 12. The SMILES string of the molecule is CCCCCCCCCCC(=O)NC(CSSCC(NC(=O)CCCCCCCC)C(=O)OC)C(=O)OC.C[NH2+]C. The lowest BCUT2D eigenvalue weighted by atomic mass is 10.1. The molecule has 0 radical (unpaired) electrons. The lowest BCUT2D eigenvalue weighted by molar-refractivity contribution is -0.597. The fraction of sp³-hybridized carbons (Fsp3) is 0.867. The molecule has 0 aliphatic rings. The Morgan fingerprint density at radius 1 is 0.585 bits per heavy atom. The molecule has 0 rings (SSSR count). The average Bonchev–Trinajstić information content (AvgIpc) is 2.96. The number of carbonyl (C=O) groups excluding carboxylic acids is 4. The molecule has 0 heterocycles. The fourth-order valence-electron chi connectivity index (χ4n) is 3.87. The normalized spacial score (nSPS) is 12.0. The zero-order valence-electron chi connectivity index (χ0n) is 26.7. The molecule has 9 nitrogen and oxygen atoms in total.